The number of nitrogens with zero attached hydrogens (tertiary/aromatic N) is 1. The summed E-state index contributed by atoms with van der Waals surface area (Å²) in [6.45, 7) is 0.956. The molecule has 1 aliphatic rings. The molecule has 1 aliphatic heterocycles. The minimum atomic E-state index is -1.45. The van der Waals surface area contributed by atoms with Crippen LogP contribution in [-0.4, -0.2) is 35.2 Å². The Balaban J connectivity index is 1.80. The molecule has 0 radical (unpaired) electrons. The molecule has 0 bridgehead atoms. The summed E-state index contributed by atoms with van der Waals surface area (Å²) in [6.07, 6.45) is 0. The van der Waals surface area contributed by atoms with E-state index in [4.69, 9.17) is 28.9 Å². The zero-order valence-corrected chi connectivity index (χ0v) is 16.7. The number of hydrogen-bond donors (Lipinski definition) is 3. The van der Waals surface area contributed by atoms with Gasteiger partial charge >= 0.3 is 6.03 Å². The average Bonchev–Trinajstić information content (AvgIpc) is 2.89. The lowest BCUT2D eigenvalue weighted by Gasteiger charge is -2.22. The van der Waals surface area contributed by atoms with Crippen molar-refractivity contribution in [2.45, 2.75) is 12.5 Å². The van der Waals surface area contributed by atoms with Crippen LogP contribution in [0.1, 0.15) is 22.8 Å². The van der Waals surface area contributed by atoms with E-state index >= 15 is 0 Å². The van der Waals surface area contributed by atoms with Gasteiger partial charge in [0.25, 0.3) is 5.91 Å². The number of imide groups is 1. The lowest BCUT2D eigenvalue weighted by Crippen LogP contribution is -2.42. The fourth-order valence-electron chi connectivity index (χ4n) is 2.95. The number of urea groups is 1. The summed E-state index contributed by atoms with van der Waals surface area (Å²) in [7, 11) is 0. The van der Waals surface area contributed by atoms with Crippen molar-refractivity contribution in [3.05, 3.63) is 63.6 Å². The highest BCUT2D eigenvalue weighted by Crippen LogP contribution is 2.31. The van der Waals surface area contributed by atoms with Crippen molar-refractivity contribution in [3.63, 3.8) is 0 Å². The van der Waals surface area contributed by atoms with Gasteiger partial charge in [0.15, 0.2) is 0 Å². The number of amides is 5. The van der Waals surface area contributed by atoms with Gasteiger partial charge in [-0.1, -0.05) is 41.4 Å². The van der Waals surface area contributed by atoms with E-state index in [0.717, 1.165) is 4.90 Å². The van der Waals surface area contributed by atoms with E-state index in [1.807, 2.05) is 0 Å². The van der Waals surface area contributed by atoms with Gasteiger partial charge in [0.1, 0.15) is 12.1 Å². The lowest BCUT2D eigenvalue weighted by molar-refractivity contribution is -0.133. The van der Waals surface area contributed by atoms with E-state index < -0.39 is 35.8 Å². The van der Waals surface area contributed by atoms with E-state index in [2.05, 4.69) is 10.6 Å². The van der Waals surface area contributed by atoms with Crippen LogP contribution in [-0.2, 0) is 15.1 Å². The molecule has 0 spiro atoms. The summed E-state index contributed by atoms with van der Waals surface area (Å²) >= 11 is 11.9. The van der Waals surface area contributed by atoms with Crippen molar-refractivity contribution in [2.24, 2.45) is 5.73 Å². The number of nitrogens with one attached hydrogen (secondary N) is 2. The Hall–Kier alpha value is -3.10. The minimum absolute atomic E-state index is 0.146. The smallest absolute Gasteiger partial charge is 0.325 e. The first-order valence-corrected chi connectivity index (χ1v) is 9.17. The predicted molar refractivity (Wildman–Crippen MR) is 108 cm³/mol. The van der Waals surface area contributed by atoms with Crippen LogP contribution in [0.5, 0.6) is 0 Å². The summed E-state index contributed by atoms with van der Waals surface area (Å²) in [5.41, 5.74) is 4.65. The van der Waals surface area contributed by atoms with Crippen molar-refractivity contribution >= 4 is 52.6 Å². The normalized spacial score (nSPS) is 18.5. The molecular formula is C19H16Cl2N4O4. The summed E-state index contributed by atoms with van der Waals surface area (Å²) < 4.78 is 0. The van der Waals surface area contributed by atoms with E-state index in [0.29, 0.717) is 5.56 Å². The van der Waals surface area contributed by atoms with Crippen LogP contribution in [0.15, 0.2) is 42.5 Å². The largest absolute Gasteiger partial charge is 0.366 e. The summed E-state index contributed by atoms with van der Waals surface area (Å²) in [5, 5.41) is 5.48. The molecule has 2 aromatic rings. The monoisotopic (exact) mass is 434 g/mol. The maximum absolute atomic E-state index is 12.9. The Morgan fingerprint density at radius 3 is 2.55 bits per heavy atom. The molecule has 0 aliphatic carbocycles. The van der Waals surface area contributed by atoms with Crippen molar-refractivity contribution in [1.29, 1.82) is 0 Å². The van der Waals surface area contributed by atoms with Crippen LogP contribution < -0.4 is 16.4 Å². The van der Waals surface area contributed by atoms with Crippen LogP contribution in [0, 0.1) is 0 Å². The summed E-state index contributed by atoms with van der Waals surface area (Å²) in [5.74, 6) is -1.94. The van der Waals surface area contributed by atoms with Gasteiger partial charge in [0.2, 0.25) is 11.8 Å². The Labute approximate surface area is 175 Å². The maximum atomic E-state index is 12.9. The zero-order chi connectivity index (χ0) is 21.3. The van der Waals surface area contributed by atoms with Gasteiger partial charge in [0.05, 0.1) is 15.7 Å². The van der Waals surface area contributed by atoms with Crippen molar-refractivity contribution in [1.82, 2.24) is 10.2 Å². The summed E-state index contributed by atoms with van der Waals surface area (Å²) in [6, 6.07) is 10.0. The number of nitrogens with two attached hydrogens (primary N) is 1. The fraction of sp³-hybridized carbons (Fsp3) is 0.158. The van der Waals surface area contributed by atoms with Crippen LogP contribution >= 0.6 is 23.2 Å². The Morgan fingerprint density at radius 2 is 1.86 bits per heavy atom. The molecule has 8 nitrogen and oxygen atoms in total. The highest BCUT2D eigenvalue weighted by Gasteiger charge is 2.49. The second-order valence-electron chi connectivity index (χ2n) is 6.54. The van der Waals surface area contributed by atoms with E-state index in [-0.39, 0.29) is 21.3 Å². The van der Waals surface area contributed by atoms with Gasteiger partial charge in [-0.05, 0) is 36.8 Å². The second-order valence-corrected chi connectivity index (χ2v) is 7.33. The number of primary amides is 1. The molecule has 1 unspecified atom stereocenters. The molecule has 4 N–H and O–H groups in total. The first-order chi connectivity index (χ1) is 13.6. The quantitative estimate of drug-likeness (QED) is 0.625. The Morgan fingerprint density at radius 1 is 1.17 bits per heavy atom. The standard InChI is InChI=1S/C19H16Cl2N4O4/c1-19(11-5-2-4-10(8-11)16(22)27)17(28)25(18(29)24-19)9-14(26)23-13-7-3-6-12(20)15(13)21/h2-8H,9H2,1H3,(H2,22,27)(H,23,26)(H,24,29). The molecule has 0 saturated carbocycles. The molecule has 2 aromatic carbocycles. The zero-order valence-electron chi connectivity index (χ0n) is 15.2. The number of hydrogen-bond acceptors (Lipinski definition) is 4. The predicted octanol–water partition coefficient (Wildman–Crippen LogP) is 2.50. The van der Waals surface area contributed by atoms with Gasteiger partial charge in [0, 0.05) is 5.56 Å². The van der Waals surface area contributed by atoms with Gasteiger partial charge in [-0.25, -0.2) is 4.79 Å². The number of anilines is 1. The van der Waals surface area contributed by atoms with E-state index in [9.17, 15) is 19.2 Å². The molecule has 3 rings (SSSR count). The molecule has 29 heavy (non-hydrogen) atoms. The molecule has 5 amide bonds. The third-order valence-corrected chi connectivity index (χ3v) is 5.35. The number of carbonyl (C=O) groups is 4. The van der Waals surface area contributed by atoms with Crippen molar-refractivity contribution in [2.75, 3.05) is 11.9 Å². The minimum Gasteiger partial charge on any atom is -0.366 e. The van der Waals surface area contributed by atoms with Crippen LogP contribution in [0.4, 0.5) is 10.5 Å². The highest BCUT2D eigenvalue weighted by molar-refractivity contribution is 6.44. The van der Waals surface area contributed by atoms with Crippen LogP contribution in [0.2, 0.25) is 10.0 Å². The molecule has 150 valence electrons. The Kier molecular flexibility index (Phi) is 5.50. The Bertz CT molecular complexity index is 1040. The van der Waals surface area contributed by atoms with Crippen LogP contribution in [0.3, 0.4) is 0 Å². The SMILES string of the molecule is CC1(c2cccc(C(N)=O)c2)NC(=O)N(CC(=O)Nc2cccc(Cl)c2Cl)C1=O. The third kappa shape index (κ3) is 3.90. The van der Waals surface area contributed by atoms with E-state index in [1.165, 1.54) is 25.1 Å². The third-order valence-electron chi connectivity index (χ3n) is 4.53. The molecule has 1 saturated heterocycles. The topological polar surface area (TPSA) is 122 Å². The lowest BCUT2D eigenvalue weighted by atomic mass is 9.90. The van der Waals surface area contributed by atoms with Gasteiger partial charge in [-0.15, -0.1) is 0 Å². The van der Waals surface area contributed by atoms with Crippen molar-refractivity contribution in [3.8, 4) is 0 Å². The van der Waals surface area contributed by atoms with Gasteiger partial charge in [-0.2, -0.15) is 0 Å². The van der Waals surface area contributed by atoms with Crippen LogP contribution in [0.25, 0.3) is 0 Å². The molecular weight excluding hydrogens is 419 g/mol. The first kappa shape index (κ1) is 20.6. The number of benzene rings is 2. The molecule has 1 heterocycles. The first-order valence-electron chi connectivity index (χ1n) is 8.42. The fourth-order valence-corrected chi connectivity index (χ4v) is 3.30. The average molecular weight is 435 g/mol. The maximum Gasteiger partial charge on any atom is 0.325 e. The van der Waals surface area contributed by atoms with E-state index in [1.54, 1.807) is 24.3 Å². The molecule has 1 fully saturated rings. The number of carbonyl (C=O) groups excluding carboxylic acids is 4. The molecule has 0 aromatic heterocycles. The second kappa shape index (κ2) is 7.73. The molecule has 10 heteroatoms. The van der Waals surface area contributed by atoms with Gasteiger partial charge in [-0.3, -0.25) is 19.3 Å². The van der Waals surface area contributed by atoms with Gasteiger partial charge < -0.3 is 16.4 Å². The highest BCUT2D eigenvalue weighted by atomic mass is 35.5. The number of halogens is 2. The number of rotatable bonds is 5. The summed E-state index contributed by atoms with van der Waals surface area (Å²) in [4.78, 5) is 49.9. The van der Waals surface area contributed by atoms with Crippen molar-refractivity contribution < 1.29 is 19.2 Å². The molecule has 1 atom stereocenters.